The van der Waals surface area contributed by atoms with Crippen LogP contribution in [0.15, 0.2) is 48.7 Å². The van der Waals surface area contributed by atoms with E-state index in [1.165, 1.54) is 0 Å². The number of rotatable bonds is 5. The first-order valence-electron chi connectivity index (χ1n) is 8.00. The maximum atomic E-state index is 12.7. The summed E-state index contributed by atoms with van der Waals surface area (Å²) < 4.78 is 11.0. The van der Waals surface area contributed by atoms with Crippen LogP contribution in [0.4, 0.5) is 5.69 Å². The Kier molecular flexibility index (Phi) is 5.08. The van der Waals surface area contributed by atoms with E-state index in [0.29, 0.717) is 49.9 Å². The van der Waals surface area contributed by atoms with Crippen molar-refractivity contribution in [3.63, 3.8) is 0 Å². The van der Waals surface area contributed by atoms with Gasteiger partial charge in [0.15, 0.2) is 0 Å². The van der Waals surface area contributed by atoms with Crippen molar-refractivity contribution in [1.29, 1.82) is 0 Å². The van der Waals surface area contributed by atoms with Gasteiger partial charge in [0.1, 0.15) is 5.75 Å². The first-order valence-corrected chi connectivity index (χ1v) is 8.00. The molecule has 6 nitrogen and oxygen atoms in total. The smallest absolute Gasteiger partial charge is 0.232 e. The van der Waals surface area contributed by atoms with E-state index >= 15 is 0 Å². The fraction of sp³-hybridized carbons (Fsp3) is 0.333. The summed E-state index contributed by atoms with van der Waals surface area (Å²) >= 11 is 0. The molecule has 0 saturated carbocycles. The monoisotopic (exact) mass is 327 g/mol. The van der Waals surface area contributed by atoms with E-state index in [1.54, 1.807) is 18.3 Å². The average Bonchev–Trinajstić information content (AvgIpc) is 2.63. The summed E-state index contributed by atoms with van der Waals surface area (Å²) in [6, 6.07) is 12.7. The number of nitrogens with one attached hydrogen (secondary N) is 1. The van der Waals surface area contributed by atoms with E-state index < -0.39 is 5.41 Å². The van der Waals surface area contributed by atoms with Crippen LogP contribution >= 0.6 is 0 Å². The number of hydrogen-bond donors (Lipinski definition) is 2. The molecule has 2 heterocycles. The van der Waals surface area contributed by atoms with Crippen molar-refractivity contribution in [3.8, 4) is 11.6 Å². The van der Waals surface area contributed by atoms with Crippen molar-refractivity contribution in [2.75, 3.05) is 25.1 Å². The highest BCUT2D eigenvalue weighted by Crippen LogP contribution is 2.31. The Hall–Kier alpha value is -2.44. The molecule has 6 heteroatoms. The van der Waals surface area contributed by atoms with E-state index in [4.69, 9.17) is 15.2 Å². The fourth-order valence-electron chi connectivity index (χ4n) is 2.72. The lowest BCUT2D eigenvalue weighted by molar-refractivity contribution is -0.130. The van der Waals surface area contributed by atoms with Crippen LogP contribution in [0.3, 0.4) is 0 Å². The minimum Gasteiger partial charge on any atom is -0.439 e. The van der Waals surface area contributed by atoms with Gasteiger partial charge in [-0.1, -0.05) is 12.1 Å². The lowest BCUT2D eigenvalue weighted by Gasteiger charge is -2.34. The van der Waals surface area contributed by atoms with E-state index in [9.17, 15) is 4.79 Å². The molecule has 0 unspecified atom stereocenters. The van der Waals surface area contributed by atoms with E-state index in [2.05, 4.69) is 10.3 Å². The van der Waals surface area contributed by atoms with E-state index in [1.807, 2.05) is 30.3 Å². The highest BCUT2D eigenvalue weighted by molar-refractivity contribution is 5.95. The third kappa shape index (κ3) is 3.72. The molecule has 24 heavy (non-hydrogen) atoms. The number of ether oxygens (including phenoxy) is 2. The first-order chi connectivity index (χ1) is 11.7. The third-order valence-electron chi connectivity index (χ3n) is 4.27. The average molecular weight is 327 g/mol. The van der Waals surface area contributed by atoms with Gasteiger partial charge in [0.05, 0.1) is 5.41 Å². The van der Waals surface area contributed by atoms with Gasteiger partial charge in [-0.25, -0.2) is 4.98 Å². The van der Waals surface area contributed by atoms with Crippen LogP contribution < -0.4 is 15.8 Å². The Morgan fingerprint density at radius 1 is 1.25 bits per heavy atom. The lowest BCUT2D eigenvalue weighted by atomic mass is 9.79. The van der Waals surface area contributed by atoms with Crippen LogP contribution in [0.1, 0.15) is 12.8 Å². The SMILES string of the molecule is NCC1(C(=O)Nc2cccc(Oc3ccccn3)c2)CCOCC1. The number of benzene rings is 1. The molecular weight excluding hydrogens is 306 g/mol. The summed E-state index contributed by atoms with van der Waals surface area (Å²) in [6.07, 6.45) is 2.94. The number of anilines is 1. The summed E-state index contributed by atoms with van der Waals surface area (Å²) in [7, 11) is 0. The maximum absolute atomic E-state index is 12.7. The highest BCUT2D eigenvalue weighted by atomic mass is 16.5. The maximum Gasteiger partial charge on any atom is 0.232 e. The lowest BCUT2D eigenvalue weighted by Crippen LogP contribution is -2.46. The molecule has 126 valence electrons. The number of amides is 1. The fourth-order valence-corrected chi connectivity index (χ4v) is 2.72. The minimum absolute atomic E-state index is 0.0664. The van der Waals surface area contributed by atoms with Gasteiger partial charge in [-0.15, -0.1) is 0 Å². The third-order valence-corrected chi connectivity index (χ3v) is 4.27. The number of pyridine rings is 1. The molecule has 1 aromatic carbocycles. The van der Waals surface area contributed by atoms with Crippen LogP contribution in [0.25, 0.3) is 0 Å². The van der Waals surface area contributed by atoms with E-state index in [-0.39, 0.29) is 5.91 Å². The zero-order chi connectivity index (χ0) is 16.8. The van der Waals surface area contributed by atoms with Gasteiger partial charge in [0.25, 0.3) is 0 Å². The topological polar surface area (TPSA) is 86.5 Å². The van der Waals surface area contributed by atoms with Crippen molar-refractivity contribution in [3.05, 3.63) is 48.7 Å². The molecule has 1 fully saturated rings. The van der Waals surface area contributed by atoms with Crippen LogP contribution in [-0.2, 0) is 9.53 Å². The number of nitrogens with zero attached hydrogens (tertiary/aromatic N) is 1. The van der Waals surface area contributed by atoms with Crippen LogP contribution in [0, 0.1) is 5.41 Å². The second-order valence-corrected chi connectivity index (χ2v) is 5.85. The van der Waals surface area contributed by atoms with Crippen molar-refractivity contribution in [1.82, 2.24) is 4.98 Å². The Bertz CT molecular complexity index is 685. The van der Waals surface area contributed by atoms with Gasteiger partial charge in [-0.3, -0.25) is 4.79 Å². The standard InChI is InChI=1S/C18H21N3O3/c19-13-18(7-10-23-11-8-18)17(22)21-14-4-3-5-15(12-14)24-16-6-1-2-9-20-16/h1-6,9,12H,7-8,10-11,13,19H2,(H,21,22). The van der Waals surface area contributed by atoms with Crippen LogP contribution in [0.5, 0.6) is 11.6 Å². The quantitative estimate of drug-likeness (QED) is 0.881. The molecule has 1 aromatic heterocycles. The number of nitrogens with two attached hydrogens (primary N) is 1. The molecule has 0 spiro atoms. The summed E-state index contributed by atoms with van der Waals surface area (Å²) in [6.45, 7) is 1.44. The molecule has 1 amide bonds. The number of carbonyl (C=O) groups is 1. The molecule has 0 bridgehead atoms. The Morgan fingerprint density at radius 2 is 2.08 bits per heavy atom. The van der Waals surface area contributed by atoms with Gasteiger partial charge in [-0.2, -0.15) is 0 Å². The molecule has 1 aliphatic rings. The number of hydrogen-bond acceptors (Lipinski definition) is 5. The molecule has 2 aromatic rings. The van der Waals surface area contributed by atoms with Gasteiger partial charge in [0, 0.05) is 43.8 Å². The van der Waals surface area contributed by atoms with Crippen molar-refractivity contribution in [2.45, 2.75) is 12.8 Å². The second kappa shape index (κ2) is 7.42. The summed E-state index contributed by atoms with van der Waals surface area (Å²) in [5.74, 6) is 1.05. The van der Waals surface area contributed by atoms with Crippen molar-refractivity contribution in [2.24, 2.45) is 11.1 Å². The summed E-state index contributed by atoms with van der Waals surface area (Å²) in [5, 5.41) is 2.95. The molecule has 3 rings (SSSR count). The molecule has 1 saturated heterocycles. The van der Waals surface area contributed by atoms with Gasteiger partial charge in [-0.05, 0) is 31.0 Å². The largest absolute Gasteiger partial charge is 0.439 e. The highest BCUT2D eigenvalue weighted by Gasteiger charge is 2.38. The van der Waals surface area contributed by atoms with Crippen LogP contribution in [0.2, 0.25) is 0 Å². The van der Waals surface area contributed by atoms with Crippen molar-refractivity contribution >= 4 is 11.6 Å². The molecule has 0 atom stereocenters. The van der Waals surface area contributed by atoms with E-state index in [0.717, 1.165) is 0 Å². The second-order valence-electron chi connectivity index (χ2n) is 5.85. The van der Waals surface area contributed by atoms with Gasteiger partial charge >= 0.3 is 0 Å². The number of aromatic nitrogens is 1. The summed E-state index contributed by atoms with van der Waals surface area (Å²) in [4.78, 5) is 16.8. The zero-order valence-corrected chi connectivity index (χ0v) is 13.4. The van der Waals surface area contributed by atoms with Crippen molar-refractivity contribution < 1.29 is 14.3 Å². The Morgan fingerprint density at radius 3 is 2.79 bits per heavy atom. The predicted molar refractivity (Wildman–Crippen MR) is 90.9 cm³/mol. The molecular formula is C18H21N3O3. The van der Waals surface area contributed by atoms with Crippen LogP contribution in [-0.4, -0.2) is 30.6 Å². The summed E-state index contributed by atoms with van der Waals surface area (Å²) in [5.41, 5.74) is 5.99. The predicted octanol–water partition coefficient (Wildman–Crippen LogP) is 2.57. The molecule has 3 N–H and O–H groups in total. The Labute approximate surface area is 141 Å². The van der Waals surface area contributed by atoms with Gasteiger partial charge in [0.2, 0.25) is 11.8 Å². The molecule has 1 aliphatic heterocycles. The zero-order valence-electron chi connectivity index (χ0n) is 13.4. The molecule has 0 aliphatic carbocycles. The normalized spacial score (nSPS) is 16.4. The number of carbonyl (C=O) groups excluding carboxylic acids is 1. The first kappa shape index (κ1) is 16.4. The minimum atomic E-state index is -0.559. The Balaban J connectivity index is 1.71. The molecule has 0 radical (unpaired) electrons. The van der Waals surface area contributed by atoms with Gasteiger partial charge < -0.3 is 20.5 Å².